The normalized spacial score (nSPS) is 11.1. The van der Waals surface area contributed by atoms with Crippen LogP contribution in [0.1, 0.15) is 5.89 Å². The Labute approximate surface area is 168 Å². The number of rotatable bonds is 6. The standard InChI is InChI=1S/C18H16N4O4S2/c1-22-17(23)15-12(6-7-27-15)19-18(22)28-9-14-20-16(21-26-14)11-5-4-10(24-2)8-13(11)25-3/h4-8H,9H2,1-3H3. The predicted octanol–water partition coefficient (Wildman–Crippen LogP) is 3.35. The van der Waals surface area contributed by atoms with Crippen LogP contribution >= 0.6 is 23.1 Å². The lowest BCUT2D eigenvalue weighted by atomic mass is 10.2. The number of nitrogens with zero attached hydrogens (tertiary/aromatic N) is 4. The molecule has 0 saturated heterocycles. The highest BCUT2D eigenvalue weighted by atomic mass is 32.2. The molecule has 28 heavy (non-hydrogen) atoms. The summed E-state index contributed by atoms with van der Waals surface area (Å²) in [6, 6.07) is 7.22. The predicted molar refractivity (Wildman–Crippen MR) is 107 cm³/mol. The van der Waals surface area contributed by atoms with Crippen LogP contribution in [-0.2, 0) is 12.8 Å². The highest BCUT2D eigenvalue weighted by Gasteiger charge is 2.16. The van der Waals surface area contributed by atoms with Gasteiger partial charge in [0.25, 0.3) is 5.56 Å². The summed E-state index contributed by atoms with van der Waals surface area (Å²) in [5, 5.41) is 6.49. The van der Waals surface area contributed by atoms with Crippen molar-refractivity contribution in [2.45, 2.75) is 10.9 Å². The maximum Gasteiger partial charge on any atom is 0.271 e. The summed E-state index contributed by atoms with van der Waals surface area (Å²) in [5.74, 6) is 2.51. The monoisotopic (exact) mass is 416 g/mol. The van der Waals surface area contributed by atoms with E-state index in [1.165, 1.54) is 27.7 Å². The van der Waals surface area contributed by atoms with Crippen LogP contribution in [0.15, 0.2) is 44.1 Å². The van der Waals surface area contributed by atoms with E-state index in [4.69, 9.17) is 14.0 Å². The van der Waals surface area contributed by atoms with E-state index < -0.39 is 0 Å². The number of thiophene rings is 1. The Kier molecular flexibility index (Phi) is 5.05. The third-order valence-electron chi connectivity index (χ3n) is 4.09. The number of thioether (sulfide) groups is 1. The summed E-state index contributed by atoms with van der Waals surface area (Å²) in [6.45, 7) is 0. The molecule has 4 aromatic rings. The number of hydrogen-bond acceptors (Lipinski definition) is 9. The lowest BCUT2D eigenvalue weighted by molar-refractivity contribution is 0.388. The molecule has 0 aliphatic heterocycles. The Balaban J connectivity index is 1.56. The quantitative estimate of drug-likeness (QED) is 0.349. The number of aromatic nitrogens is 4. The van der Waals surface area contributed by atoms with Gasteiger partial charge in [0, 0.05) is 13.1 Å². The van der Waals surface area contributed by atoms with Crippen LogP contribution in [0.3, 0.4) is 0 Å². The summed E-state index contributed by atoms with van der Waals surface area (Å²) in [6.07, 6.45) is 0. The largest absolute Gasteiger partial charge is 0.497 e. The summed E-state index contributed by atoms with van der Waals surface area (Å²) >= 11 is 2.76. The van der Waals surface area contributed by atoms with E-state index in [0.29, 0.717) is 49.9 Å². The van der Waals surface area contributed by atoms with Crippen molar-refractivity contribution in [3.05, 3.63) is 45.9 Å². The molecular formula is C18H16N4O4S2. The van der Waals surface area contributed by atoms with Crippen molar-refractivity contribution in [2.75, 3.05) is 14.2 Å². The Morgan fingerprint density at radius 1 is 1.21 bits per heavy atom. The van der Waals surface area contributed by atoms with Gasteiger partial charge in [0.05, 0.1) is 31.1 Å². The molecule has 0 N–H and O–H groups in total. The van der Waals surface area contributed by atoms with Gasteiger partial charge in [0.1, 0.15) is 16.2 Å². The number of fused-ring (bicyclic) bond motifs is 1. The summed E-state index contributed by atoms with van der Waals surface area (Å²) < 4.78 is 18.1. The Morgan fingerprint density at radius 2 is 2.07 bits per heavy atom. The van der Waals surface area contributed by atoms with Crippen LogP contribution in [0.25, 0.3) is 21.6 Å². The Bertz CT molecular complexity index is 1200. The van der Waals surface area contributed by atoms with Crippen molar-refractivity contribution < 1.29 is 14.0 Å². The maximum absolute atomic E-state index is 12.4. The lowest BCUT2D eigenvalue weighted by Gasteiger charge is -2.07. The molecule has 0 aliphatic carbocycles. The first-order chi connectivity index (χ1) is 13.6. The molecule has 144 valence electrons. The third-order valence-corrected chi connectivity index (χ3v) is 6.00. The smallest absolute Gasteiger partial charge is 0.271 e. The topological polar surface area (TPSA) is 92.3 Å². The minimum atomic E-state index is -0.0586. The van der Waals surface area contributed by atoms with E-state index in [1.807, 2.05) is 17.5 Å². The molecule has 0 spiro atoms. The molecule has 8 nitrogen and oxygen atoms in total. The second-order valence-corrected chi connectivity index (χ2v) is 7.62. The number of ether oxygens (including phenoxy) is 2. The lowest BCUT2D eigenvalue weighted by Crippen LogP contribution is -2.18. The Morgan fingerprint density at radius 3 is 2.86 bits per heavy atom. The molecule has 3 heterocycles. The van der Waals surface area contributed by atoms with E-state index in [1.54, 1.807) is 33.4 Å². The van der Waals surface area contributed by atoms with Crippen molar-refractivity contribution in [1.82, 2.24) is 19.7 Å². The molecule has 1 aromatic carbocycles. The first kappa shape index (κ1) is 18.5. The van der Waals surface area contributed by atoms with E-state index in [0.717, 1.165) is 0 Å². The zero-order chi connectivity index (χ0) is 19.7. The highest BCUT2D eigenvalue weighted by Crippen LogP contribution is 2.32. The molecule has 0 aliphatic rings. The third kappa shape index (κ3) is 3.36. The molecule has 4 rings (SSSR count). The van der Waals surface area contributed by atoms with Crippen LogP contribution in [0, 0.1) is 0 Å². The van der Waals surface area contributed by atoms with Gasteiger partial charge < -0.3 is 14.0 Å². The van der Waals surface area contributed by atoms with Gasteiger partial charge in [-0.25, -0.2) is 4.98 Å². The van der Waals surface area contributed by atoms with Crippen LogP contribution < -0.4 is 15.0 Å². The van der Waals surface area contributed by atoms with Gasteiger partial charge in [-0.05, 0) is 23.6 Å². The minimum absolute atomic E-state index is 0.0586. The van der Waals surface area contributed by atoms with Crippen LogP contribution in [0.4, 0.5) is 0 Å². The van der Waals surface area contributed by atoms with Gasteiger partial charge in [-0.1, -0.05) is 16.9 Å². The molecule has 0 radical (unpaired) electrons. The molecule has 0 fully saturated rings. The fraction of sp³-hybridized carbons (Fsp3) is 0.222. The van der Waals surface area contributed by atoms with Crippen LogP contribution in [0.5, 0.6) is 11.5 Å². The zero-order valence-corrected chi connectivity index (χ0v) is 17.0. The fourth-order valence-corrected chi connectivity index (χ4v) is 4.24. The SMILES string of the molecule is COc1ccc(-c2noc(CSc3nc4ccsc4c(=O)n3C)n2)c(OC)c1. The van der Waals surface area contributed by atoms with Gasteiger partial charge in [0.2, 0.25) is 11.7 Å². The van der Waals surface area contributed by atoms with Crippen molar-refractivity contribution in [2.24, 2.45) is 7.05 Å². The average Bonchev–Trinajstić information content (AvgIpc) is 3.38. The van der Waals surface area contributed by atoms with E-state index in [-0.39, 0.29) is 5.56 Å². The molecule has 3 aromatic heterocycles. The van der Waals surface area contributed by atoms with E-state index >= 15 is 0 Å². The molecule has 0 bridgehead atoms. The van der Waals surface area contributed by atoms with Gasteiger partial charge >= 0.3 is 0 Å². The second-order valence-electron chi connectivity index (χ2n) is 5.76. The van der Waals surface area contributed by atoms with Gasteiger partial charge in [-0.2, -0.15) is 4.98 Å². The number of methoxy groups -OCH3 is 2. The van der Waals surface area contributed by atoms with Crippen LogP contribution in [-0.4, -0.2) is 33.9 Å². The molecular weight excluding hydrogens is 400 g/mol. The maximum atomic E-state index is 12.4. The second kappa shape index (κ2) is 7.64. The van der Waals surface area contributed by atoms with Crippen molar-refractivity contribution >= 4 is 33.3 Å². The summed E-state index contributed by atoms with van der Waals surface area (Å²) in [5.41, 5.74) is 1.34. The first-order valence-corrected chi connectivity index (χ1v) is 10.1. The van der Waals surface area contributed by atoms with E-state index in [9.17, 15) is 4.79 Å². The van der Waals surface area contributed by atoms with Crippen molar-refractivity contribution in [1.29, 1.82) is 0 Å². The fourth-order valence-electron chi connectivity index (χ4n) is 2.63. The summed E-state index contributed by atoms with van der Waals surface area (Å²) in [4.78, 5) is 21.3. The van der Waals surface area contributed by atoms with Crippen molar-refractivity contribution in [3.63, 3.8) is 0 Å². The van der Waals surface area contributed by atoms with Gasteiger partial charge in [0.15, 0.2) is 5.16 Å². The van der Waals surface area contributed by atoms with Crippen molar-refractivity contribution in [3.8, 4) is 22.9 Å². The van der Waals surface area contributed by atoms with Gasteiger partial charge in [-0.3, -0.25) is 9.36 Å². The zero-order valence-electron chi connectivity index (χ0n) is 15.3. The first-order valence-electron chi connectivity index (χ1n) is 8.22. The molecule has 10 heteroatoms. The highest BCUT2D eigenvalue weighted by molar-refractivity contribution is 7.98. The van der Waals surface area contributed by atoms with Gasteiger partial charge in [-0.15, -0.1) is 11.3 Å². The molecule has 0 amide bonds. The molecule has 0 atom stereocenters. The minimum Gasteiger partial charge on any atom is -0.497 e. The van der Waals surface area contributed by atoms with Crippen LogP contribution in [0.2, 0.25) is 0 Å². The molecule has 0 unspecified atom stereocenters. The number of benzene rings is 1. The Hall–Kier alpha value is -2.85. The van der Waals surface area contributed by atoms with E-state index in [2.05, 4.69) is 15.1 Å². The average molecular weight is 416 g/mol. The summed E-state index contributed by atoms with van der Waals surface area (Å²) in [7, 11) is 4.87. The number of hydrogen-bond donors (Lipinski definition) is 0. The molecule has 0 saturated carbocycles.